The number of hydrogen-bond acceptors (Lipinski definition) is 3. The molecular weight excluding hydrogens is 460 g/mol. The van der Waals surface area contributed by atoms with Crippen molar-refractivity contribution >= 4 is 15.2 Å². The molecule has 152 valence electrons. The zero-order valence-electron chi connectivity index (χ0n) is 17.2. The Morgan fingerprint density at radius 2 is 1.00 bits per heavy atom. The van der Waals surface area contributed by atoms with Gasteiger partial charge in [0, 0.05) is 6.42 Å². The van der Waals surface area contributed by atoms with E-state index >= 15 is 0 Å². The monoisotopic (exact) mass is 480 g/mol. The Labute approximate surface area is 224 Å². The molecule has 0 radical (unpaired) electrons. The summed E-state index contributed by atoms with van der Waals surface area (Å²) in [6.07, 6.45) is -0.887. The SMILES string of the molecule is O=P(O)(O)C(O)(Cc1ccc(-c2ccccc2-c2ccccc2)cc1)P(=O)(O)O.[Na+].[Na+]. The van der Waals surface area contributed by atoms with Gasteiger partial charge in [0.1, 0.15) is 0 Å². The van der Waals surface area contributed by atoms with Crippen LogP contribution in [0.5, 0.6) is 0 Å². The van der Waals surface area contributed by atoms with Crippen LogP contribution < -0.4 is 59.1 Å². The molecule has 0 aromatic heterocycles. The van der Waals surface area contributed by atoms with Gasteiger partial charge in [0.05, 0.1) is 0 Å². The van der Waals surface area contributed by atoms with E-state index in [2.05, 4.69) is 0 Å². The molecule has 11 heteroatoms. The molecule has 0 aliphatic carbocycles. The van der Waals surface area contributed by atoms with Crippen molar-refractivity contribution in [2.45, 2.75) is 11.5 Å². The third-order valence-corrected chi connectivity index (χ3v) is 8.40. The minimum Gasteiger partial charge on any atom is -0.367 e. The van der Waals surface area contributed by atoms with Gasteiger partial charge in [-0.15, -0.1) is 0 Å². The predicted octanol–water partition coefficient (Wildman–Crippen LogP) is -2.43. The molecule has 5 N–H and O–H groups in total. The molecule has 0 saturated heterocycles. The van der Waals surface area contributed by atoms with Crippen LogP contribution in [0.4, 0.5) is 0 Å². The van der Waals surface area contributed by atoms with Crippen LogP contribution in [0.25, 0.3) is 22.3 Å². The van der Waals surface area contributed by atoms with E-state index in [4.69, 9.17) is 0 Å². The van der Waals surface area contributed by atoms with Gasteiger partial charge in [-0.1, -0.05) is 78.9 Å². The molecule has 3 aromatic rings. The van der Waals surface area contributed by atoms with E-state index < -0.39 is 26.7 Å². The molecule has 0 spiro atoms. The van der Waals surface area contributed by atoms with Crippen LogP contribution in [0.2, 0.25) is 0 Å². The molecule has 0 aliphatic rings. The molecule has 0 atom stereocenters. The third kappa shape index (κ3) is 6.50. The molecule has 0 heterocycles. The van der Waals surface area contributed by atoms with Crippen LogP contribution in [0.3, 0.4) is 0 Å². The van der Waals surface area contributed by atoms with Crippen molar-refractivity contribution in [1.29, 1.82) is 0 Å². The van der Waals surface area contributed by atoms with E-state index in [-0.39, 0.29) is 64.7 Å². The van der Waals surface area contributed by atoms with E-state index in [9.17, 15) is 33.8 Å². The maximum Gasteiger partial charge on any atom is 1.00 e. The van der Waals surface area contributed by atoms with Crippen molar-refractivity contribution in [2.24, 2.45) is 0 Å². The largest absolute Gasteiger partial charge is 1.00 e. The summed E-state index contributed by atoms with van der Waals surface area (Å²) >= 11 is 0. The number of rotatable bonds is 6. The second-order valence-electron chi connectivity index (χ2n) is 6.65. The van der Waals surface area contributed by atoms with Gasteiger partial charge in [0.25, 0.3) is 5.08 Å². The first-order valence-electron chi connectivity index (χ1n) is 8.60. The minimum absolute atomic E-state index is 0. The molecule has 7 nitrogen and oxygen atoms in total. The van der Waals surface area contributed by atoms with Crippen LogP contribution in [0.15, 0.2) is 78.9 Å². The van der Waals surface area contributed by atoms with Crippen LogP contribution in [0, 0.1) is 0 Å². The van der Waals surface area contributed by atoms with Crippen molar-refractivity contribution in [3.63, 3.8) is 0 Å². The topological polar surface area (TPSA) is 135 Å². The molecule has 0 aliphatic heterocycles. The normalized spacial score (nSPS) is 11.9. The molecule has 3 aromatic carbocycles. The summed E-state index contributed by atoms with van der Waals surface area (Å²) in [5.74, 6) is 0. The Bertz CT molecular complexity index is 1070. The maximum atomic E-state index is 11.5. The summed E-state index contributed by atoms with van der Waals surface area (Å²) in [5, 5.41) is 6.62. The van der Waals surface area contributed by atoms with Crippen molar-refractivity contribution in [3.8, 4) is 22.3 Å². The standard InChI is InChI=1S/C20H20O7P2.2Na/c21-20(28(22,23)24,29(25,26)27)14-15-10-12-17(13-11-15)19-9-5-4-8-18(19)16-6-2-1-3-7-16;;/h1-13,21H,14H2,(H2,22,23,24)(H2,25,26,27);;/q;2*+1. The van der Waals surface area contributed by atoms with E-state index in [1.165, 1.54) is 12.1 Å². The zero-order chi connectivity index (χ0) is 21.3. The Hall–Kier alpha value is -0.0800. The number of aliphatic hydroxyl groups is 1. The predicted molar refractivity (Wildman–Crippen MR) is 110 cm³/mol. The fourth-order valence-corrected chi connectivity index (χ4v) is 5.19. The fraction of sp³-hybridized carbons (Fsp3) is 0.100. The first kappa shape index (κ1) is 29.0. The molecule has 0 unspecified atom stereocenters. The molecule has 0 amide bonds. The van der Waals surface area contributed by atoms with Gasteiger partial charge in [0.15, 0.2) is 0 Å². The summed E-state index contributed by atoms with van der Waals surface area (Å²) in [5.41, 5.74) is 3.92. The maximum absolute atomic E-state index is 11.5. The zero-order valence-corrected chi connectivity index (χ0v) is 22.9. The van der Waals surface area contributed by atoms with Gasteiger partial charge < -0.3 is 24.7 Å². The van der Waals surface area contributed by atoms with Crippen molar-refractivity contribution < 1.29 is 92.9 Å². The molecule has 0 saturated carbocycles. The first-order valence-corrected chi connectivity index (χ1v) is 11.8. The Morgan fingerprint density at radius 3 is 1.42 bits per heavy atom. The van der Waals surface area contributed by atoms with Gasteiger partial charge in [-0.05, 0) is 27.8 Å². The number of benzene rings is 3. The average Bonchev–Trinajstić information content (AvgIpc) is 2.67. The summed E-state index contributed by atoms with van der Waals surface area (Å²) in [7, 11) is -11.0. The van der Waals surface area contributed by atoms with Crippen molar-refractivity contribution in [3.05, 3.63) is 84.4 Å². The summed E-state index contributed by atoms with van der Waals surface area (Å²) in [6, 6.07) is 23.8. The van der Waals surface area contributed by atoms with Gasteiger partial charge in [-0.3, -0.25) is 9.13 Å². The smallest absolute Gasteiger partial charge is 0.367 e. The van der Waals surface area contributed by atoms with E-state index in [1.807, 2.05) is 54.6 Å². The second kappa shape index (κ2) is 11.4. The van der Waals surface area contributed by atoms with E-state index in [0.717, 1.165) is 22.3 Å². The second-order valence-corrected chi connectivity index (χ2v) is 10.7. The van der Waals surface area contributed by atoms with Crippen molar-refractivity contribution in [2.75, 3.05) is 0 Å². The first-order chi connectivity index (χ1) is 13.5. The van der Waals surface area contributed by atoms with E-state index in [1.54, 1.807) is 12.1 Å². The van der Waals surface area contributed by atoms with Gasteiger partial charge >= 0.3 is 74.3 Å². The average molecular weight is 480 g/mol. The molecule has 0 bridgehead atoms. The van der Waals surface area contributed by atoms with Crippen LogP contribution in [-0.4, -0.2) is 29.8 Å². The Kier molecular flexibility index (Phi) is 10.6. The Balaban J connectivity index is 0.00000240. The van der Waals surface area contributed by atoms with Crippen molar-refractivity contribution in [1.82, 2.24) is 0 Å². The summed E-state index contributed by atoms with van der Waals surface area (Å²) in [6.45, 7) is 0. The minimum atomic E-state index is -5.50. The quantitative estimate of drug-likeness (QED) is 0.196. The number of hydrogen-bond donors (Lipinski definition) is 5. The van der Waals surface area contributed by atoms with Crippen LogP contribution in [0.1, 0.15) is 5.56 Å². The summed E-state index contributed by atoms with van der Waals surface area (Å²) < 4.78 is 23.1. The molecule has 31 heavy (non-hydrogen) atoms. The van der Waals surface area contributed by atoms with E-state index in [0.29, 0.717) is 0 Å². The fourth-order valence-electron chi connectivity index (χ4n) is 3.06. The molecular formula is C20H20Na2O7P2+2. The van der Waals surface area contributed by atoms with Gasteiger partial charge in [-0.25, -0.2) is 0 Å². The Morgan fingerprint density at radius 1 is 0.613 bits per heavy atom. The van der Waals surface area contributed by atoms with Crippen LogP contribution in [-0.2, 0) is 15.6 Å². The molecule has 3 rings (SSSR count). The van der Waals surface area contributed by atoms with Gasteiger partial charge in [-0.2, -0.15) is 0 Å². The third-order valence-electron chi connectivity index (χ3n) is 4.65. The molecule has 0 fully saturated rings. The van der Waals surface area contributed by atoms with Crippen LogP contribution >= 0.6 is 15.2 Å². The van der Waals surface area contributed by atoms with Gasteiger partial charge in [0.2, 0.25) is 0 Å². The summed E-state index contributed by atoms with van der Waals surface area (Å²) in [4.78, 5) is 37.2.